The summed E-state index contributed by atoms with van der Waals surface area (Å²) in [7, 11) is 2.11. The molecule has 60 valence electrons. The summed E-state index contributed by atoms with van der Waals surface area (Å²) in [6.07, 6.45) is 1.09. The second-order valence-corrected chi connectivity index (χ2v) is 3.11. The second kappa shape index (κ2) is 6.02. The van der Waals surface area contributed by atoms with Crippen LogP contribution in [-0.4, -0.2) is 37.5 Å². The zero-order chi connectivity index (χ0) is 7.98. The van der Waals surface area contributed by atoms with Gasteiger partial charge in [0.1, 0.15) is 7.85 Å². The number of aliphatic hydroxyl groups is 1. The van der Waals surface area contributed by atoms with Crippen molar-refractivity contribution >= 4 is 19.4 Å². The molecule has 0 radical (unpaired) electrons. The fourth-order valence-electron chi connectivity index (χ4n) is 0.538. The summed E-state index contributed by atoms with van der Waals surface area (Å²) in [5, 5.41) is 11.6. The van der Waals surface area contributed by atoms with Crippen LogP contribution in [0.3, 0.4) is 0 Å². The molecule has 4 heteroatoms. The van der Waals surface area contributed by atoms with Gasteiger partial charge in [0.15, 0.2) is 0 Å². The van der Waals surface area contributed by atoms with Gasteiger partial charge in [0.05, 0.1) is 12.0 Å². The molecule has 0 heterocycles. The molecule has 0 aliphatic rings. The molecule has 0 aromatic rings. The van der Waals surface area contributed by atoms with Gasteiger partial charge in [-0.05, 0) is 6.04 Å². The molecule has 0 saturated heterocycles. The van der Waals surface area contributed by atoms with Crippen LogP contribution in [-0.2, 0) is 0 Å². The van der Waals surface area contributed by atoms with Gasteiger partial charge >= 0.3 is 0 Å². The molecule has 2 unspecified atom stereocenters. The number of rotatable bonds is 5. The Morgan fingerprint density at radius 2 is 2.30 bits per heavy atom. The molecular weight excluding hydrogens is 148 g/mol. The van der Waals surface area contributed by atoms with E-state index in [0.29, 0.717) is 12.6 Å². The van der Waals surface area contributed by atoms with Crippen LogP contribution in [0.2, 0.25) is 6.32 Å². The summed E-state index contributed by atoms with van der Waals surface area (Å²) in [5.74, 6) is 0. The minimum Gasteiger partial charge on any atom is -0.395 e. The smallest absolute Gasteiger partial charge is 0.103 e. The van der Waals surface area contributed by atoms with Crippen molar-refractivity contribution in [2.24, 2.45) is 0 Å². The third-order valence-electron chi connectivity index (χ3n) is 1.50. The topological polar surface area (TPSA) is 32.3 Å². The molecule has 2 N–H and O–H groups in total. The maximum Gasteiger partial charge on any atom is 0.103 e. The lowest BCUT2D eigenvalue weighted by Crippen LogP contribution is -2.32. The van der Waals surface area contributed by atoms with Crippen LogP contribution in [0.1, 0.15) is 6.92 Å². The molecule has 0 spiro atoms. The van der Waals surface area contributed by atoms with Gasteiger partial charge in [-0.25, -0.2) is 0 Å². The minimum atomic E-state index is -0.144. The molecule has 0 saturated carbocycles. The number of hydrogen-bond donors (Lipinski definition) is 2. The molecule has 0 bridgehead atoms. The van der Waals surface area contributed by atoms with Gasteiger partial charge in [-0.3, -0.25) is 0 Å². The molecule has 0 rings (SSSR count). The molecule has 0 fully saturated rings. The normalized spacial score (nSPS) is 16.7. The Kier molecular flexibility index (Phi) is 6.18. The fourth-order valence-corrected chi connectivity index (χ4v) is 0.627. The number of alkyl halides is 1. The van der Waals surface area contributed by atoms with E-state index in [0.717, 1.165) is 6.32 Å². The van der Waals surface area contributed by atoms with E-state index in [-0.39, 0.29) is 12.0 Å². The van der Waals surface area contributed by atoms with E-state index in [1.807, 2.05) is 0 Å². The van der Waals surface area contributed by atoms with Crippen LogP contribution >= 0.6 is 11.6 Å². The van der Waals surface area contributed by atoms with Crippen molar-refractivity contribution in [1.82, 2.24) is 5.32 Å². The summed E-state index contributed by atoms with van der Waals surface area (Å²) in [4.78, 5) is 0. The largest absolute Gasteiger partial charge is 0.395 e. The van der Waals surface area contributed by atoms with Gasteiger partial charge in [-0.2, -0.15) is 0 Å². The Bertz CT molecular complexity index is 74.1. The van der Waals surface area contributed by atoms with Gasteiger partial charge in [0, 0.05) is 6.54 Å². The van der Waals surface area contributed by atoms with Crippen LogP contribution in [0, 0.1) is 0 Å². The molecule has 10 heavy (non-hydrogen) atoms. The average molecular weight is 163 g/mol. The first kappa shape index (κ1) is 10.3. The summed E-state index contributed by atoms with van der Waals surface area (Å²) < 4.78 is 0. The Morgan fingerprint density at radius 1 is 1.70 bits per heavy atom. The van der Waals surface area contributed by atoms with Crippen LogP contribution in [0.4, 0.5) is 0 Å². The molecule has 0 aromatic carbocycles. The number of hydrogen-bond acceptors (Lipinski definition) is 2. The summed E-state index contributed by atoms with van der Waals surface area (Å²) >= 11 is 5.65. The highest BCUT2D eigenvalue weighted by Crippen LogP contribution is 1.93. The van der Waals surface area contributed by atoms with Gasteiger partial charge in [-0.1, -0.05) is 13.2 Å². The van der Waals surface area contributed by atoms with Crippen molar-refractivity contribution in [2.75, 3.05) is 13.2 Å². The predicted molar refractivity (Wildman–Crippen MR) is 47.5 cm³/mol. The first-order chi connectivity index (χ1) is 4.70. The standard InChI is InChI=1S/C6H15BClNO/c1-5(2-7)9-3-6(8)4-10/h5-6,9-10H,2-4,7H2,1H3. The van der Waals surface area contributed by atoms with E-state index < -0.39 is 0 Å². The Balaban J connectivity index is 3.17. The first-order valence-corrected chi connectivity index (χ1v) is 4.12. The molecule has 0 aliphatic carbocycles. The van der Waals surface area contributed by atoms with Crippen molar-refractivity contribution in [3.8, 4) is 0 Å². The van der Waals surface area contributed by atoms with Crippen molar-refractivity contribution in [3.05, 3.63) is 0 Å². The van der Waals surface area contributed by atoms with Crippen LogP contribution in [0.15, 0.2) is 0 Å². The molecule has 2 atom stereocenters. The van der Waals surface area contributed by atoms with Crippen molar-refractivity contribution in [3.63, 3.8) is 0 Å². The minimum absolute atomic E-state index is 0.0466. The number of aliphatic hydroxyl groups excluding tert-OH is 1. The summed E-state index contributed by atoms with van der Waals surface area (Å²) in [6, 6.07) is 0.493. The van der Waals surface area contributed by atoms with Crippen LogP contribution in [0.5, 0.6) is 0 Å². The monoisotopic (exact) mass is 163 g/mol. The zero-order valence-electron chi connectivity index (χ0n) is 6.60. The molecule has 0 aliphatic heterocycles. The fraction of sp³-hybridized carbons (Fsp3) is 1.00. The lowest BCUT2D eigenvalue weighted by Gasteiger charge is -2.12. The van der Waals surface area contributed by atoms with E-state index in [1.54, 1.807) is 0 Å². The number of nitrogens with one attached hydrogen (secondary N) is 1. The molecule has 0 aromatic heterocycles. The Hall–Kier alpha value is 0.275. The van der Waals surface area contributed by atoms with Gasteiger partial charge in [-0.15, -0.1) is 11.6 Å². The Morgan fingerprint density at radius 3 is 2.70 bits per heavy atom. The van der Waals surface area contributed by atoms with Crippen molar-refractivity contribution in [2.45, 2.75) is 24.7 Å². The predicted octanol–water partition coefficient (Wildman–Crippen LogP) is -0.384. The van der Waals surface area contributed by atoms with Gasteiger partial charge in [0.25, 0.3) is 0 Å². The average Bonchev–Trinajstić information content (AvgIpc) is 1.99. The van der Waals surface area contributed by atoms with Crippen LogP contribution in [0.25, 0.3) is 0 Å². The molecule has 0 amide bonds. The quantitative estimate of drug-likeness (QED) is 0.428. The summed E-state index contributed by atoms with van der Waals surface area (Å²) in [5.41, 5.74) is 0. The first-order valence-electron chi connectivity index (χ1n) is 3.69. The van der Waals surface area contributed by atoms with Crippen molar-refractivity contribution in [1.29, 1.82) is 0 Å². The zero-order valence-corrected chi connectivity index (χ0v) is 7.36. The van der Waals surface area contributed by atoms with Crippen LogP contribution < -0.4 is 5.32 Å². The highest BCUT2D eigenvalue weighted by molar-refractivity contribution is 6.20. The van der Waals surface area contributed by atoms with E-state index in [2.05, 4.69) is 20.1 Å². The summed E-state index contributed by atoms with van der Waals surface area (Å²) in [6.45, 7) is 2.83. The lowest BCUT2D eigenvalue weighted by atomic mass is 9.99. The highest BCUT2D eigenvalue weighted by Gasteiger charge is 2.03. The SMILES string of the molecule is BCC(C)NCC(Cl)CO. The number of halogens is 1. The second-order valence-electron chi connectivity index (χ2n) is 2.50. The van der Waals surface area contributed by atoms with Crippen molar-refractivity contribution < 1.29 is 5.11 Å². The third kappa shape index (κ3) is 5.09. The van der Waals surface area contributed by atoms with Gasteiger partial charge in [0.2, 0.25) is 0 Å². The molecule has 2 nitrogen and oxygen atoms in total. The van der Waals surface area contributed by atoms with E-state index in [4.69, 9.17) is 16.7 Å². The molecular formula is C6H15BClNO. The Labute approximate surface area is 68.4 Å². The van der Waals surface area contributed by atoms with Gasteiger partial charge < -0.3 is 10.4 Å². The lowest BCUT2D eigenvalue weighted by molar-refractivity contribution is 0.288. The van der Waals surface area contributed by atoms with E-state index in [1.165, 1.54) is 0 Å². The maximum atomic E-state index is 8.55. The third-order valence-corrected chi connectivity index (χ3v) is 1.79. The maximum absolute atomic E-state index is 8.55. The van der Waals surface area contributed by atoms with E-state index >= 15 is 0 Å². The highest BCUT2D eigenvalue weighted by atomic mass is 35.5. The van der Waals surface area contributed by atoms with E-state index in [9.17, 15) is 0 Å².